The number of anilines is 2. The molecule has 1 aliphatic carbocycles. The lowest BCUT2D eigenvalue weighted by Gasteiger charge is -2.36. The Morgan fingerprint density at radius 3 is 2.30 bits per heavy atom. The van der Waals surface area contributed by atoms with Crippen molar-refractivity contribution in [1.82, 2.24) is 19.8 Å². The number of nitrogens with zero attached hydrogens (tertiary/aromatic N) is 5. The minimum atomic E-state index is -0.647. The van der Waals surface area contributed by atoms with Crippen molar-refractivity contribution in [2.45, 2.75) is 58.4 Å². The SMILES string of the molecule is COc1cc2nc(N3CCN(C(=O)C4CCCC4)CC3)nc(NC(=O)C3CCCN3C(=O)C(C)CSC(C)=O)c2cc1OC. The third-order valence-corrected chi connectivity index (χ3v) is 9.88. The van der Waals surface area contributed by atoms with Crippen LogP contribution in [0.2, 0.25) is 0 Å². The molecule has 1 aromatic carbocycles. The molecule has 2 aromatic rings. The first-order valence-corrected chi connectivity index (χ1v) is 16.4. The van der Waals surface area contributed by atoms with Gasteiger partial charge in [0, 0.05) is 68.7 Å². The van der Waals surface area contributed by atoms with Gasteiger partial charge in [0.2, 0.25) is 23.7 Å². The summed E-state index contributed by atoms with van der Waals surface area (Å²) in [6.45, 7) is 6.08. The van der Waals surface area contributed by atoms with Crippen LogP contribution in [-0.4, -0.2) is 101 Å². The maximum Gasteiger partial charge on any atom is 0.248 e. The molecule has 2 unspecified atom stereocenters. The Morgan fingerprint density at radius 2 is 1.64 bits per heavy atom. The van der Waals surface area contributed by atoms with Gasteiger partial charge in [-0.2, -0.15) is 4.98 Å². The summed E-state index contributed by atoms with van der Waals surface area (Å²) in [6.07, 6.45) is 5.43. The van der Waals surface area contributed by atoms with Gasteiger partial charge in [0.25, 0.3) is 0 Å². The van der Waals surface area contributed by atoms with E-state index in [1.807, 2.05) is 9.80 Å². The Bertz CT molecular complexity index is 1410. The number of ether oxygens (including phenoxy) is 2. The van der Waals surface area contributed by atoms with Crippen LogP contribution >= 0.6 is 11.8 Å². The van der Waals surface area contributed by atoms with Crippen LogP contribution in [0, 0.1) is 11.8 Å². The van der Waals surface area contributed by atoms with Crippen molar-refractivity contribution in [2.75, 3.05) is 62.9 Å². The molecule has 5 rings (SSSR count). The molecule has 0 radical (unpaired) electrons. The zero-order chi connectivity index (χ0) is 31.4. The summed E-state index contributed by atoms with van der Waals surface area (Å²) in [7, 11) is 3.09. The van der Waals surface area contributed by atoms with Crippen LogP contribution in [-0.2, 0) is 19.2 Å². The van der Waals surface area contributed by atoms with Crippen molar-refractivity contribution in [1.29, 1.82) is 0 Å². The van der Waals surface area contributed by atoms with E-state index in [-0.39, 0.29) is 34.7 Å². The van der Waals surface area contributed by atoms with Gasteiger partial charge in [-0.25, -0.2) is 4.98 Å². The molecule has 3 fully saturated rings. The van der Waals surface area contributed by atoms with E-state index in [1.54, 1.807) is 31.1 Å². The quantitative estimate of drug-likeness (QED) is 0.442. The maximum absolute atomic E-state index is 13.7. The number of hydrogen-bond acceptors (Lipinski definition) is 10. The highest BCUT2D eigenvalue weighted by molar-refractivity contribution is 8.13. The van der Waals surface area contributed by atoms with E-state index in [0.29, 0.717) is 85.5 Å². The van der Waals surface area contributed by atoms with Crippen LogP contribution in [0.25, 0.3) is 10.9 Å². The molecule has 3 aliphatic rings. The van der Waals surface area contributed by atoms with Crippen LogP contribution in [0.1, 0.15) is 52.4 Å². The summed E-state index contributed by atoms with van der Waals surface area (Å²) < 4.78 is 11.0. The van der Waals surface area contributed by atoms with E-state index in [2.05, 4.69) is 5.32 Å². The molecule has 13 heteroatoms. The van der Waals surface area contributed by atoms with E-state index >= 15 is 0 Å². The Hall–Kier alpha value is -3.61. The van der Waals surface area contributed by atoms with Gasteiger partial charge in [0.05, 0.1) is 19.7 Å². The number of likely N-dealkylation sites (tertiary alicyclic amines) is 1. The van der Waals surface area contributed by atoms with Gasteiger partial charge in [0.1, 0.15) is 11.9 Å². The van der Waals surface area contributed by atoms with Gasteiger partial charge < -0.3 is 29.5 Å². The van der Waals surface area contributed by atoms with Crippen LogP contribution in [0.3, 0.4) is 0 Å². The minimum absolute atomic E-state index is 0.0410. The van der Waals surface area contributed by atoms with Gasteiger partial charge in [-0.3, -0.25) is 19.2 Å². The second-order valence-electron chi connectivity index (χ2n) is 11.8. The lowest BCUT2D eigenvalue weighted by molar-refractivity contribution is -0.139. The molecule has 1 aromatic heterocycles. The zero-order valence-corrected chi connectivity index (χ0v) is 26.8. The highest BCUT2D eigenvalue weighted by Gasteiger charge is 2.37. The molecular formula is C31H42N6O6S. The summed E-state index contributed by atoms with van der Waals surface area (Å²) in [5, 5.41) is 3.54. The van der Waals surface area contributed by atoms with Crippen LogP contribution in [0.4, 0.5) is 11.8 Å². The molecule has 2 saturated heterocycles. The van der Waals surface area contributed by atoms with Crippen molar-refractivity contribution in [3.05, 3.63) is 12.1 Å². The number of carbonyl (C=O) groups is 4. The summed E-state index contributed by atoms with van der Waals surface area (Å²) >= 11 is 1.12. The Labute approximate surface area is 262 Å². The van der Waals surface area contributed by atoms with Gasteiger partial charge in [-0.1, -0.05) is 31.5 Å². The molecule has 0 spiro atoms. The standard InChI is InChI=1S/C31H42N6O6S/c1-19(18-44-20(2)38)29(40)37-11-7-10-24(37)28(39)33-27-22-16-25(42-3)26(43-4)17-23(22)32-31(34-27)36-14-12-35(13-15-36)30(41)21-8-5-6-9-21/h16-17,19,21,24H,5-15,18H2,1-4H3,(H,32,33,34,39). The number of rotatable bonds is 9. The number of benzene rings is 1. The molecule has 1 N–H and O–H groups in total. The third kappa shape index (κ3) is 6.87. The lowest BCUT2D eigenvalue weighted by Crippen LogP contribution is -2.50. The van der Waals surface area contributed by atoms with Gasteiger partial charge in [-0.05, 0) is 31.7 Å². The van der Waals surface area contributed by atoms with Crippen LogP contribution < -0.4 is 19.7 Å². The molecule has 3 heterocycles. The first kappa shape index (κ1) is 31.8. The van der Waals surface area contributed by atoms with Gasteiger partial charge >= 0.3 is 0 Å². The molecule has 3 amide bonds. The maximum atomic E-state index is 13.7. The second kappa shape index (κ2) is 14.0. The number of nitrogens with one attached hydrogen (secondary N) is 1. The molecule has 44 heavy (non-hydrogen) atoms. The fraction of sp³-hybridized carbons (Fsp3) is 0.613. The molecule has 12 nitrogen and oxygen atoms in total. The topological polar surface area (TPSA) is 134 Å². The summed E-state index contributed by atoms with van der Waals surface area (Å²) in [5.41, 5.74) is 0.571. The van der Waals surface area contributed by atoms with Gasteiger partial charge in [-0.15, -0.1) is 0 Å². The fourth-order valence-electron chi connectivity index (χ4n) is 6.34. The summed E-state index contributed by atoms with van der Waals surface area (Å²) in [5.74, 6) is 1.65. The number of methoxy groups -OCH3 is 2. The van der Waals surface area contributed by atoms with E-state index in [1.165, 1.54) is 14.0 Å². The van der Waals surface area contributed by atoms with Gasteiger partial charge in [0.15, 0.2) is 16.6 Å². The largest absolute Gasteiger partial charge is 0.493 e. The number of fused-ring (bicyclic) bond motifs is 1. The average Bonchev–Trinajstić information content (AvgIpc) is 3.75. The Kier molecular flexibility index (Phi) is 10.1. The Morgan fingerprint density at radius 1 is 0.955 bits per heavy atom. The highest BCUT2D eigenvalue weighted by Crippen LogP contribution is 2.36. The molecule has 1 saturated carbocycles. The Balaban J connectivity index is 1.38. The van der Waals surface area contributed by atoms with Crippen molar-refractivity contribution in [3.8, 4) is 11.5 Å². The lowest BCUT2D eigenvalue weighted by atomic mass is 10.1. The predicted molar refractivity (Wildman–Crippen MR) is 169 cm³/mol. The smallest absolute Gasteiger partial charge is 0.248 e. The van der Waals surface area contributed by atoms with E-state index in [9.17, 15) is 19.2 Å². The van der Waals surface area contributed by atoms with Crippen molar-refractivity contribution in [2.24, 2.45) is 11.8 Å². The average molecular weight is 627 g/mol. The number of aromatic nitrogens is 2. The minimum Gasteiger partial charge on any atom is -0.493 e. The van der Waals surface area contributed by atoms with E-state index in [4.69, 9.17) is 19.4 Å². The molecule has 0 bridgehead atoms. The van der Waals surface area contributed by atoms with Crippen molar-refractivity contribution in [3.63, 3.8) is 0 Å². The third-order valence-electron chi connectivity index (χ3n) is 8.81. The van der Waals surface area contributed by atoms with Crippen LogP contribution in [0.5, 0.6) is 11.5 Å². The van der Waals surface area contributed by atoms with E-state index in [0.717, 1.165) is 37.4 Å². The van der Waals surface area contributed by atoms with Crippen molar-refractivity contribution >= 4 is 57.3 Å². The summed E-state index contributed by atoms with van der Waals surface area (Å²) in [6, 6.07) is 2.85. The number of hydrogen-bond donors (Lipinski definition) is 1. The van der Waals surface area contributed by atoms with E-state index < -0.39 is 6.04 Å². The molecule has 238 valence electrons. The molecule has 2 atom stereocenters. The number of carbonyl (C=O) groups excluding carboxylic acids is 4. The fourth-order valence-corrected chi connectivity index (χ4v) is 6.96. The highest BCUT2D eigenvalue weighted by atomic mass is 32.2. The predicted octanol–water partition coefficient (Wildman–Crippen LogP) is 3.33. The normalized spacial score (nSPS) is 19.7. The number of thioether (sulfide) groups is 1. The second-order valence-corrected chi connectivity index (χ2v) is 13.0. The number of amides is 3. The summed E-state index contributed by atoms with van der Waals surface area (Å²) in [4.78, 5) is 66.6. The molecule has 2 aliphatic heterocycles. The van der Waals surface area contributed by atoms with Crippen LogP contribution in [0.15, 0.2) is 12.1 Å². The first-order valence-electron chi connectivity index (χ1n) is 15.4. The monoisotopic (exact) mass is 626 g/mol. The molecular weight excluding hydrogens is 584 g/mol. The van der Waals surface area contributed by atoms with Crippen molar-refractivity contribution < 1.29 is 28.7 Å². The number of piperazine rings is 1. The zero-order valence-electron chi connectivity index (χ0n) is 26.0. The first-order chi connectivity index (χ1) is 21.2.